The summed E-state index contributed by atoms with van der Waals surface area (Å²) in [5, 5.41) is 9.60. The fraction of sp³-hybridized carbons (Fsp3) is 0.750. The zero-order valence-electron chi connectivity index (χ0n) is 5.93. The van der Waals surface area contributed by atoms with Gasteiger partial charge in [-0.3, -0.25) is 0 Å². The van der Waals surface area contributed by atoms with Gasteiger partial charge in [0.15, 0.2) is 0 Å². The first kappa shape index (κ1) is 6.81. The number of allylic oxidation sites excluding steroid dienone is 1. The predicted octanol–water partition coefficient (Wildman–Crippen LogP) is 1.87. The molecule has 0 unspecified atom stereocenters. The van der Waals surface area contributed by atoms with Crippen LogP contribution in [0.5, 0.6) is 0 Å². The highest BCUT2D eigenvalue weighted by molar-refractivity contribution is 5.02. The zero-order chi connectivity index (χ0) is 6.74. The Morgan fingerprint density at radius 1 is 1.33 bits per heavy atom. The van der Waals surface area contributed by atoms with E-state index >= 15 is 0 Å². The highest BCUT2D eigenvalue weighted by Crippen LogP contribution is 2.30. The molecule has 1 heteroatoms. The SMILES string of the molecule is C/C=C\C1(O)CCCC1. The topological polar surface area (TPSA) is 20.2 Å². The van der Waals surface area contributed by atoms with Crippen LogP contribution in [0.1, 0.15) is 32.6 Å². The van der Waals surface area contributed by atoms with Crippen molar-refractivity contribution in [2.24, 2.45) is 0 Å². The summed E-state index contributed by atoms with van der Waals surface area (Å²) in [6.07, 6.45) is 8.13. The van der Waals surface area contributed by atoms with Crippen LogP contribution in [0.2, 0.25) is 0 Å². The van der Waals surface area contributed by atoms with Crippen molar-refractivity contribution in [3.63, 3.8) is 0 Å². The fourth-order valence-corrected chi connectivity index (χ4v) is 1.46. The molecule has 1 aliphatic rings. The molecule has 0 aliphatic heterocycles. The quantitative estimate of drug-likeness (QED) is 0.532. The Hall–Kier alpha value is -0.300. The third kappa shape index (κ3) is 1.55. The Bertz CT molecular complexity index is 110. The number of aliphatic hydroxyl groups is 1. The summed E-state index contributed by atoms with van der Waals surface area (Å²) < 4.78 is 0. The first-order valence-electron chi connectivity index (χ1n) is 3.63. The molecule has 1 N–H and O–H groups in total. The van der Waals surface area contributed by atoms with Gasteiger partial charge in [0, 0.05) is 0 Å². The van der Waals surface area contributed by atoms with E-state index in [4.69, 9.17) is 0 Å². The lowest BCUT2D eigenvalue weighted by molar-refractivity contribution is 0.0991. The normalized spacial score (nSPS) is 25.6. The Kier molecular flexibility index (Phi) is 1.91. The van der Waals surface area contributed by atoms with Crippen molar-refractivity contribution in [3.05, 3.63) is 12.2 Å². The lowest BCUT2D eigenvalue weighted by atomic mass is 10.0. The van der Waals surface area contributed by atoms with Crippen molar-refractivity contribution in [1.82, 2.24) is 0 Å². The molecule has 0 radical (unpaired) electrons. The first-order valence-corrected chi connectivity index (χ1v) is 3.63. The monoisotopic (exact) mass is 126 g/mol. The summed E-state index contributed by atoms with van der Waals surface area (Å²) in [6.45, 7) is 1.95. The second-order valence-electron chi connectivity index (χ2n) is 2.81. The van der Waals surface area contributed by atoms with Crippen LogP contribution in [0.25, 0.3) is 0 Å². The van der Waals surface area contributed by atoms with Crippen LogP contribution in [0.15, 0.2) is 12.2 Å². The average Bonchev–Trinajstić information content (AvgIpc) is 2.16. The van der Waals surface area contributed by atoms with E-state index in [0.29, 0.717) is 0 Å². The molecular weight excluding hydrogens is 112 g/mol. The van der Waals surface area contributed by atoms with Gasteiger partial charge in [0.05, 0.1) is 5.60 Å². The lowest BCUT2D eigenvalue weighted by Crippen LogP contribution is -2.19. The van der Waals surface area contributed by atoms with Crippen LogP contribution in [-0.4, -0.2) is 10.7 Å². The molecule has 9 heavy (non-hydrogen) atoms. The molecule has 0 saturated heterocycles. The molecule has 0 aromatic carbocycles. The van der Waals surface area contributed by atoms with Gasteiger partial charge < -0.3 is 5.11 Å². The molecule has 0 heterocycles. The first-order chi connectivity index (χ1) is 4.27. The van der Waals surface area contributed by atoms with Gasteiger partial charge >= 0.3 is 0 Å². The Morgan fingerprint density at radius 2 is 1.89 bits per heavy atom. The van der Waals surface area contributed by atoms with Crippen molar-refractivity contribution >= 4 is 0 Å². The third-order valence-electron chi connectivity index (χ3n) is 1.95. The van der Waals surface area contributed by atoms with E-state index in [-0.39, 0.29) is 0 Å². The molecule has 52 valence electrons. The maximum atomic E-state index is 9.60. The van der Waals surface area contributed by atoms with Crippen LogP contribution >= 0.6 is 0 Å². The van der Waals surface area contributed by atoms with E-state index < -0.39 is 5.60 Å². The van der Waals surface area contributed by atoms with Gasteiger partial charge in [-0.05, 0) is 19.8 Å². The minimum Gasteiger partial charge on any atom is -0.386 e. The molecule has 0 aromatic heterocycles. The van der Waals surface area contributed by atoms with E-state index in [1.165, 1.54) is 12.8 Å². The zero-order valence-corrected chi connectivity index (χ0v) is 5.93. The van der Waals surface area contributed by atoms with Crippen molar-refractivity contribution in [2.45, 2.75) is 38.2 Å². The fourth-order valence-electron chi connectivity index (χ4n) is 1.46. The standard InChI is InChI=1S/C8H14O/c1-2-5-8(9)6-3-4-7-8/h2,5,9H,3-4,6-7H2,1H3/b5-2-. The summed E-state index contributed by atoms with van der Waals surface area (Å²) in [4.78, 5) is 0. The predicted molar refractivity (Wildman–Crippen MR) is 38.2 cm³/mol. The summed E-state index contributed by atoms with van der Waals surface area (Å²) in [6, 6.07) is 0. The van der Waals surface area contributed by atoms with Crippen molar-refractivity contribution in [2.75, 3.05) is 0 Å². The maximum Gasteiger partial charge on any atom is 0.0827 e. The molecule has 0 spiro atoms. The van der Waals surface area contributed by atoms with E-state index in [1.54, 1.807) is 0 Å². The van der Waals surface area contributed by atoms with Crippen molar-refractivity contribution in [1.29, 1.82) is 0 Å². The maximum absolute atomic E-state index is 9.60. The molecular formula is C8H14O. The van der Waals surface area contributed by atoms with Crippen LogP contribution in [0, 0.1) is 0 Å². The van der Waals surface area contributed by atoms with Gasteiger partial charge in [-0.15, -0.1) is 0 Å². The van der Waals surface area contributed by atoms with Crippen molar-refractivity contribution < 1.29 is 5.11 Å². The highest BCUT2D eigenvalue weighted by Gasteiger charge is 2.27. The second kappa shape index (κ2) is 2.53. The molecule has 1 fully saturated rings. The molecule has 0 aromatic rings. The smallest absolute Gasteiger partial charge is 0.0827 e. The molecule has 0 atom stereocenters. The largest absolute Gasteiger partial charge is 0.386 e. The number of rotatable bonds is 1. The van der Waals surface area contributed by atoms with Crippen LogP contribution < -0.4 is 0 Å². The molecule has 1 nitrogen and oxygen atoms in total. The highest BCUT2D eigenvalue weighted by atomic mass is 16.3. The van der Waals surface area contributed by atoms with Crippen LogP contribution in [0.3, 0.4) is 0 Å². The third-order valence-corrected chi connectivity index (χ3v) is 1.95. The summed E-state index contributed by atoms with van der Waals surface area (Å²) in [7, 11) is 0. The van der Waals surface area contributed by atoms with Crippen LogP contribution in [-0.2, 0) is 0 Å². The minimum absolute atomic E-state index is 0.436. The van der Waals surface area contributed by atoms with Gasteiger partial charge in [0.1, 0.15) is 0 Å². The Labute approximate surface area is 56.4 Å². The summed E-state index contributed by atoms with van der Waals surface area (Å²) in [5.41, 5.74) is -0.436. The van der Waals surface area contributed by atoms with E-state index in [9.17, 15) is 5.11 Å². The Morgan fingerprint density at radius 3 is 2.33 bits per heavy atom. The van der Waals surface area contributed by atoms with Gasteiger partial charge in [-0.2, -0.15) is 0 Å². The Balaban J connectivity index is 2.51. The van der Waals surface area contributed by atoms with Gasteiger partial charge in [0.2, 0.25) is 0 Å². The summed E-state index contributed by atoms with van der Waals surface area (Å²) >= 11 is 0. The lowest BCUT2D eigenvalue weighted by Gasteiger charge is -2.15. The van der Waals surface area contributed by atoms with E-state index in [1.807, 2.05) is 19.1 Å². The average molecular weight is 126 g/mol. The molecule has 1 aliphatic carbocycles. The van der Waals surface area contributed by atoms with Gasteiger partial charge in [0.25, 0.3) is 0 Å². The van der Waals surface area contributed by atoms with Gasteiger partial charge in [-0.25, -0.2) is 0 Å². The molecule has 1 rings (SSSR count). The van der Waals surface area contributed by atoms with E-state index in [0.717, 1.165) is 12.8 Å². The van der Waals surface area contributed by atoms with Crippen LogP contribution in [0.4, 0.5) is 0 Å². The summed E-state index contributed by atoms with van der Waals surface area (Å²) in [5.74, 6) is 0. The number of hydrogen-bond acceptors (Lipinski definition) is 1. The van der Waals surface area contributed by atoms with E-state index in [2.05, 4.69) is 0 Å². The van der Waals surface area contributed by atoms with Gasteiger partial charge in [-0.1, -0.05) is 25.0 Å². The molecule has 0 bridgehead atoms. The molecule has 0 amide bonds. The number of hydrogen-bond donors (Lipinski definition) is 1. The minimum atomic E-state index is -0.436. The van der Waals surface area contributed by atoms with Crippen molar-refractivity contribution in [3.8, 4) is 0 Å². The molecule has 1 saturated carbocycles. The second-order valence-corrected chi connectivity index (χ2v) is 2.81.